The molecular weight excluding hydrogens is 252 g/mol. The molecule has 0 unspecified atom stereocenters. The summed E-state index contributed by atoms with van der Waals surface area (Å²) in [5, 5.41) is 0. The second-order valence-electron chi connectivity index (χ2n) is 4.67. The fourth-order valence-electron chi connectivity index (χ4n) is 1.33. The third-order valence-corrected chi connectivity index (χ3v) is 4.09. The Balaban J connectivity index is 4.62. The molecule has 0 aliphatic carbocycles. The lowest BCUT2D eigenvalue weighted by atomic mass is 10.1. The Bertz CT molecular complexity index is 419. The van der Waals surface area contributed by atoms with E-state index in [4.69, 9.17) is 0 Å². The zero-order chi connectivity index (χ0) is 13.2. The van der Waals surface area contributed by atoms with Crippen molar-refractivity contribution < 1.29 is 16.8 Å². The van der Waals surface area contributed by atoms with Crippen LogP contribution in [0.5, 0.6) is 0 Å². The summed E-state index contributed by atoms with van der Waals surface area (Å²) in [7, 11) is -6.62. The summed E-state index contributed by atoms with van der Waals surface area (Å²) in [6.07, 6.45) is 2.15. The molecule has 0 saturated carbocycles. The van der Waals surface area contributed by atoms with Crippen molar-refractivity contribution in [2.45, 2.75) is 26.3 Å². The van der Waals surface area contributed by atoms with Gasteiger partial charge in [-0.25, -0.2) is 21.6 Å². The van der Waals surface area contributed by atoms with Crippen molar-refractivity contribution in [1.29, 1.82) is 0 Å². The molecule has 0 aliphatic heterocycles. The van der Waals surface area contributed by atoms with Gasteiger partial charge in [0.15, 0.2) is 0 Å². The van der Waals surface area contributed by atoms with Gasteiger partial charge in [0.1, 0.15) is 0 Å². The van der Waals surface area contributed by atoms with E-state index in [-0.39, 0.29) is 13.1 Å². The summed E-state index contributed by atoms with van der Waals surface area (Å²) >= 11 is 0. The van der Waals surface area contributed by atoms with Gasteiger partial charge in [0.05, 0.1) is 12.5 Å². The van der Waals surface area contributed by atoms with Crippen LogP contribution in [-0.4, -0.2) is 52.3 Å². The fourth-order valence-corrected chi connectivity index (χ4v) is 3.21. The van der Waals surface area contributed by atoms with Gasteiger partial charge in [0.2, 0.25) is 20.0 Å². The predicted octanol–water partition coefficient (Wildman–Crippen LogP) is -0.404. The van der Waals surface area contributed by atoms with Crippen molar-refractivity contribution >= 4 is 20.0 Å². The Labute approximate surface area is 98.1 Å². The van der Waals surface area contributed by atoms with Crippen molar-refractivity contribution in [3.8, 4) is 0 Å². The van der Waals surface area contributed by atoms with Crippen LogP contribution in [0.1, 0.15) is 20.8 Å². The molecule has 0 saturated heterocycles. The molecule has 6 nitrogen and oxygen atoms in total. The van der Waals surface area contributed by atoms with Crippen LogP contribution >= 0.6 is 0 Å². The Kier molecular flexibility index (Phi) is 4.93. The highest BCUT2D eigenvalue weighted by atomic mass is 32.2. The fraction of sp³-hybridized carbons (Fsp3) is 1.00. The summed E-state index contributed by atoms with van der Waals surface area (Å²) in [6.45, 7) is 5.47. The maximum Gasteiger partial charge on any atom is 0.211 e. The first-order valence-corrected chi connectivity index (χ1v) is 8.50. The first kappa shape index (κ1) is 15.8. The van der Waals surface area contributed by atoms with Crippen molar-refractivity contribution in [3.63, 3.8) is 0 Å². The maximum absolute atomic E-state index is 11.5. The summed E-state index contributed by atoms with van der Waals surface area (Å²) in [4.78, 5) is 0. The molecule has 8 heteroatoms. The molecule has 0 rings (SSSR count). The van der Waals surface area contributed by atoms with Gasteiger partial charge in [-0.1, -0.05) is 0 Å². The van der Waals surface area contributed by atoms with Crippen molar-refractivity contribution in [2.75, 3.05) is 25.6 Å². The highest BCUT2D eigenvalue weighted by molar-refractivity contribution is 7.89. The molecule has 16 heavy (non-hydrogen) atoms. The summed E-state index contributed by atoms with van der Waals surface area (Å²) in [5.74, 6) is 0. The lowest BCUT2D eigenvalue weighted by Gasteiger charge is -2.33. The van der Waals surface area contributed by atoms with E-state index < -0.39 is 25.6 Å². The molecule has 0 bridgehead atoms. The minimum Gasteiger partial charge on any atom is -0.214 e. The van der Waals surface area contributed by atoms with Crippen LogP contribution in [-0.2, 0) is 20.0 Å². The van der Waals surface area contributed by atoms with Crippen LogP contribution in [0.4, 0.5) is 0 Å². The molecule has 0 amide bonds. The van der Waals surface area contributed by atoms with Crippen LogP contribution < -0.4 is 4.72 Å². The minimum atomic E-state index is -3.34. The number of hydrogen-bond donors (Lipinski definition) is 1. The van der Waals surface area contributed by atoms with Gasteiger partial charge in [-0.05, 0) is 20.8 Å². The maximum atomic E-state index is 11.5. The van der Waals surface area contributed by atoms with E-state index in [9.17, 15) is 16.8 Å². The average Bonchev–Trinajstić information content (AvgIpc) is 1.90. The molecule has 0 heterocycles. The van der Waals surface area contributed by atoms with Crippen LogP contribution in [0.25, 0.3) is 0 Å². The Hall–Kier alpha value is -0.180. The molecule has 0 aromatic carbocycles. The van der Waals surface area contributed by atoms with Crippen molar-refractivity contribution in [1.82, 2.24) is 9.03 Å². The number of sulfonamides is 2. The van der Waals surface area contributed by atoms with E-state index in [1.807, 2.05) is 0 Å². The number of rotatable bonds is 5. The average molecular weight is 272 g/mol. The molecule has 0 spiro atoms. The summed E-state index contributed by atoms with van der Waals surface area (Å²) in [6, 6.07) is 0. The Morgan fingerprint density at radius 3 is 1.75 bits per heavy atom. The topological polar surface area (TPSA) is 83.6 Å². The molecule has 0 fully saturated rings. The first-order chi connectivity index (χ1) is 6.84. The molecule has 0 radical (unpaired) electrons. The quantitative estimate of drug-likeness (QED) is 0.738. The van der Waals surface area contributed by atoms with Crippen LogP contribution in [0.2, 0.25) is 0 Å². The third kappa shape index (κ3) is 6.41. The smallest absolute Gasteiger partial charge is 0.211 e. The molecule has 0 atom stereocenters. The number of nitrogens with zero attached hydrogens (tertiary/aromatic N) is 1. The van der Waals surface area contributed by atoms with Gasteiger partial charge in [-0.3, -0.25) is 0 Å². The lowest BCUT2D eigenvalue weighted by molar-refractivity contribution is 0.254. The SMILES string of the molecule is CC(C)(C)N(CCNS(C)(=O)=O)S(C)(=O)=O. The van der Waals surface area contributed by atoms with Gasteiger partial charge in [-0.15, -0.1) is 0 Å². The van der Waals surface area contributed by atoms with Gasteiger partial charge in [0.25, 0.3) is 0 Å². The zero-order valence-electron chi connectivity index (χ0n) is 10.3. The van der Waals surface area contributed by atoms with Crippen LogP contribution in [0, 0.1) is 0 Å². The largest absolute Gasteiger partial charge is 0.214 e. The highest BCUT2D eigenvalue weighted by Crippen LogP contribution is 2.16. The van der Waals surface area contributed by atoms with E-state index in [1.165, 1.54) is 4.31 Å². The van der Waals surface area contributed by atoms with E-state index in [0.717, 1.165) is 12.5 Å². The molecular formula is C8H20N2O4S2. The molecule has 0 aromatic heterocycles. The number of nitrogens with one attached hydrogen (secondary N) is 1. The highest BCUT2D eigenvalue weighted by Gasteiger charge is 2.28. The second kappa shape index (κ2) is 4.99. The van der Waals surface area contributed by atoms with Gasteiger partial charge >= 0.3 is 0 Å². The lowest BCUT2D eigenvalue weighted by Crippen LogP contribution is -2.48. The molecule has 0 aromatic rings. The number of hydrogen-bond acceptors (Lipinski definition) is 4. The zero-order valence-corrected chi connectivity index (χ0v) is 11.9. The predicted molar refractivity (Wildman–Crippen MR) is 64.1 cm³/mol. The van der Waals surface area contributed by atoms with E-state index in [0.29, 0.717) is 0 Å². The van der Waals surface area contributed by atoms with E-state index >= 15 is 0 Å². The summed E-state index contributed by atoms with van der Waals surface area (Å²) < 4.78 is 48.2. The third-order valence-electron chi connectivity index (χ3n) is 1.83. The Morgan fingerprint density at radius 1 is 1.06 bits per heavy atom. The monoisotopic (exact) mass is 272 g/mol. The van der Waals surface area contributed by atoms with Crippen LogP contribution in [0.3, 0.4) is 0 Å². The molecule has 0 aliphatic rings. The molecule has 1 N–H and O–H groups in total. The Morgan fingerprint density at radius 2 is 1.50 bits per heavy atom. The summed E-state index contributed by atoms with van der Waals surface area (Å²) in [5.41, 5.74) is -0.563. The van der Waals surface area contributed by atoms with Gasteiger partial charge < -0.3 is 0 Å². The second-order valence-corrected chi connectivity index (χ2v) is 8.41. The minimum absolute atomic E-state index is 0.0726. The van der Waals surface area contributed by atoms with Crippen molar-refractivity contribution in [3.05, 3.63) is 0 Å². The molecule has 98 valence electrons. The van der Waals surface area contributed by atoms with Crippen molar-refractivity contribution in [2.24, 2.45) is 0 Å². The van der Waals surface area contributed by atoms with E-state index in [1.54, 1.807) is 20.8 Å². The van der Waals surface area contributed by atoms with Crippen LogP contribution in [0.15, 0.2) is 0 Å². The van der Waals surface area contributed by atoms with Gasteiger partial charge in [-0.2, -0.15) is 4.31 Å². The normalized spacial score (nSPS) is 14.4. The standard InChI is InChI=1S/C8H20N2O4S2/c1-8(2,3)10(16(5,13)14)7-6-9-15(4,11)12/h9H,6-7H2,1-5H3. The van der Waals surface area contributed by atoms with Gasteiger partial charge in [0, 0.05) is 18.6 Å². The first-order valence-electron chi connectivity index (χ1n) is 4.76. The van der Waals surface area contributed by atoms with E-state index in [2.05, 4.69) is 4.72 Å².